The fraction of sp³-hybridized carbons (Fsp3) is 0.500. The van der Waals surface area contributed by atoms with E-state index in [4.69, 9.17) is 4.74 Å². The van der Waals surface area contributed by atoms with Crippen LogP contribution in [0, 0.1) is 5.82 Å². The van der Waals surface area contributed by atoms with Gasteiger partial charge < -0.3 is 19.1 Å². The lowest BCUT2D eigenvalue weighted by molar-refractivity contribution is -0.143. The summed E-state index contributed by atoms with van der Waals surface area (Å²) in [6, 6.07) is 1.48. The van der Waals surface area contributed by atoms with Crippen molar-refractivity contribution in [2.45, 2.75) is 31.6 Å². The van der Waals surface area contributed by atoms with Crippen LogP contribution >= 0.6 is 0 Å². The maximum atomic E-state index is 13.3. The molecule has 0 radical (unpaired) electrons. The molecule has 0 bridgehead atoms. The molecule has 0 spiro atoms. The Labute approximate surface area is 151 Å². The van der Waals surface area contributed by atoms with Gasteiger partial charge in [0.05, 0.1) is 30.5 Å². The zero-order valence-corrected chi connectivity index (χ0v) is 14.5. The minimum Gasteiger partial charge on any atom is -0.367 e. The van der Waals surface area contributed by atoms with Gasteiger partial charge in [0.15, 0.2) is 0 Å². The Bertz CT molecular complexity index is 746. The lowest BCUT2D eigenvalue weighted by Gasteiger charge is -2.36. The fourth-order valence-corrected chi connectivity index (χ4v) is 3.61. The molecule has 2 aromatic rings. The molecular formula is C18H22FN5O2. The number of halogens is 1. The standard InChI is InChI=1S/C18H22FN5O2/c19-14-9-15(11-21-10-14)23-5-7-24(8-6-23)18(25)17-2-1-16(26-17)12-22-4-3-20-13-22/h3-4,9-11,13,16-17H,1-2,5-8,12H2/t16-,17+/m1/s1. The van der Waals surface area contributed by atoms with E-state index in [2.05, 4.69) is 14.9 Å². The van der Waals surface area contributed by atoms with Crippen molar-refractivity contribution >= 4 is 11.6 Å². The molecule has 138 valence electrons. The van der Waals surface area contributed by atoms with Gasteiger partial charge >= 0.3 is 0 Å². The number of rotatable bonds is 4. The number of hydrogen-bond donors (Lipinski definition) is 0. The summed E-state index contributed by atoms with van der Waals surface area (Å²) in [7, 11) is 0. The normalized spacial score (nSPS) is 23.4. The largest absolute Gasteiger partial charge is 0.367 e. The molecule has 0 unspecified atom stereocenters. The summed E-state index contributed by atoms with van der Waals surface area (Å²) in [6.07, 6.45) is 9.59. The second-order valence-corrected chi connectivity index (χ2v) is 6.76. The third kappa shape index (κ3) is 3.70. The fourth-order valence-electron chi connectivity index (χ4n) is 3.61. The minimum absolute atomic E-state index is 0.0535. The third-order valence-corrected chi connectivity index (χ3v) is 5.00. The first-order valence-electron chi connectivity index (χ1n) is 8.94. The van der Waals surface area contributed by atoms with Gasteiger partial charge in [0.1, 0.15) is 11.9 Å². The Morgan fingerprint density at radius 2 is 2.04 bits per heavy atom. The smallest absolute Gasteiger partial charge is 0.251 e. The van der Waals surface area contributed by atoms with Crippen molar-refractivity contribution in [3.63, 3.8) is 0 Å². The highest BCUT2D eigenvalue weighted by Gasteiger charge is 2.34. The van der Waals surface area contributed by atoms with Crippen molar-refractivity contribution in [1.82, 2.24) is 19.4 Å². The first kappa shape index (κ1) is 17.0. The van der Waals surface area contributed by atoms with Crippen LogP contribution in [0.25, 0.3) is 0 Å². The minimum atomic E-state index is -0.356. The van der Waals surface area contributed by atoms with E-state index in [1.807, 2.05) is 15.7 Å². The summed E-state index contributed by atoms with van der Waals surface area (Å²) < 4.78 is 21.3. The SMILES string of the molecule is O=C([C@@H]1CC[C@H](Cn2ccnc2)O1)N1CCN(c2cncc(F)c2)CC1. The maximum absolute atomic E-state index is 13.3. The summed E-state index contributed by atoms with van der Waals surface area (Å²) in [5, 5.41) is 0. The molecule has 2 aliphatic rings. The Kier molecular flexibility index (Phi) is 4.83. The second-order valence-electron chi connectivity index (χ2n) is 6.76. The van der Waals surface area contributed by atoms with Crippen LogP contribution < -0.4 is 4.90 Å². The number of amides is 1. The molecule has 0 aliphatic carbocycles. The van der Waals surface area contributed by atoms with E-state index in [1.54, 1.807) is 18.7 Å². The monoisotopic (exact) mass is 359 g/mol. The van der Waals surface area contributed by atoms with Crippen LogP contribution in [-0.4, -0.2) is 63.7 Å². The van der Waals surface area contributed by atoms with Crippen LogP contribution in [-0.2, 0) is 16.1 Å². The molecule has 0 saturated carbocycles. The van der Waals surface area contributed by atoms with E-state index < -0.39 is 0 Å². The number of carbonyl (C=O) groups excluding carboxylic acids is 1. The van der Waals surface area contributed by atoms with Gasteiger partial charge in [-0.3, -0.25) is 9.78 Å². The van der Waals surface area contributed by atoms with Crippen LogP contribution in [0.4, 0.5) is 10.1 Å². The van der Waals surface area contributed by atoms with Gasteiger partial charge in [-0.05, 0) is 12.8 Å². The molecule has 26 heavy (non-hydrogen) atoms. The lowest BCUT2D eigenvalue weighted by Crippen LogP contribution is -2.51. The van der Waals surface area contributed by atoms with Gasteiger partial charge in [0.25, 0.3) is 5.91 Å². The molecule has 2 atom stereocenters. The molecule has 1 amide bonds. The van der Waals surface area contributed by atoms with Gasteiger partial charge in [-0.1, -0.05) is 0 Å². The highest BCUT2D eigenvalue weighted by molar-refractivity contribution is 5.81. The molecule has 8 heteroatoms. The summed E-state index contributed by atoms with van der Waals surface area (Å²) in [6.45, 7) is 3.29. The van der Waals surface area contributed by atoms with Crippen LogP contribution in [0.1, 0.15) is 12.8 Å². The van der Waals surface area contributed by atoms with Crippen LogP contribution in [0.15, 0.2) is 37.2 Å². The molecule has 4 rings (SSSR count). The summed E-state index contributed by atoms with van der Waals surface area (Å²) in [4.78, 5) is 24.6. The first-order valence-corrected chi connectivity index (χ1v) is 8.94. The number of aromatic nitrogens is 3. The number of pyridine rings is 1. The summed E-state index contributed by atoms with van der Waals surface area (Å²) in [5.74, 6) is -0.278. The number of carbonyl (C=O) groups is 1. The highest BCUT2D eigenvalue weighted by Crippen LogP contribution is 2.24. The van der Waals surface area contributed by atoms with Gasteiger partial charge in [-0.15, -0.1) is 0 Å². The second kappa shape index (κ2) is 7.41. The van der Waals surface area contributed by atoms with Crippen LogP contribution in [0.3, 0.4) is 0 Å². The van der Waals surface area contributed by atoms with Gasteiger partial charge in [0.2, 0.25) is 0 Å². The van der Waals surface area contributed by atoms with Gasteiger partial charge in [0, 0.05) is 51.2 Å². The van der Waals surface area contributed by atoms with Gasteiger partial charge in [-0.25, -0.2) is 9.37 Å². The summed E-state index contributed by atoms with van der Waals surface area (Å²) in [5.41, 5.74) is 0.759. The Balaban J connectivity index is 1.28. The molecule has 2 fully saturated rings. The Morgan fingerprint density at radius 3 is 2.77 bits per heavy atom. The zero-order chi connectivity index (χ0) is 17.9. The van der Waals surface area contributed by atoms with E-state index in [9.17, 15) is 9.18 Å². The van der Waals surface area contributed by atoms with E-state index in [0.717, 1.165) is 25.1 Å². The van der Waals surface area contributed by atoms with Crippen molar-refractivity contribution in [3.8, 4) is 0 Å². The predicted octanol–water partition coefficient (Wildman–Crippen LogP) is 1.31. The molecule has 0 aromatic carbocycles. The average Bonchev–Trinajstić information content (AvgIpc) is 3.34. The van der Waals surface area contributed by atoms with E-state index >= 15 is 0 Å². The lowest BCUT2D eigenvalue weighted by atomic mass is 10.1. The zero-order valence-electron chi connectivity index (χ0n) is 14.5. The number of imidazole rings is 1. The average molecular weight is 359 g/mol. The number of hydrogen-bond acceptors (Lipinski definition) is 5. The number of piperazine rings is 1. The molecule has 0 N–H and O–H groups in total. The highest BCUT2D eigenvalue weighted by atomic mass is 19.1. The third-order valence-electron chi connectivity index (χ3n) is 5.00. The molecule has 2 aromatic heterocycles. The van der Waals surface area contributed by atoms with E-state index in [-0.39, 0.29) is 23.9 Å². The summed E-state index contributed by atoms with van der Waals surface area (Å²) >= 11 is 0. The van der Waals surface area contributed by atoms with Crippen molar-refractivity contribution in [2.75, 3.05) is 31.1 Å². The maximum Gasteiger partial charge on any atom is 0.251 e. The molecular weight excluding hydrogens is 337 g/mol. The van der Waals surface area contributed by atoms with Crippen LogP contribution in [0.5, 0.6) is 0 Å². The Morgan fingerprint density at radius 1 is 1.19 bits per heavy atom. The predicted molar refractivity (Wildman–Crippen MR) is 93.1 cm³/mol. The van der Waals surface area contributed by atoms with Crippen molar-refractivity contribution in [2.24, 2.45) is 0 Å². The van der Waals surface area contributed by atoms with Crippen LogP contribution in [0.2, 0.25) is 0 Å². The van der Waals surface area contributed by atoms with Crippen molar-refractivity contribution in [3.05, 3.63) is 43.0 Å². The van der Waals surface area contributed by atoms with E-state index in [1.165, 1.54) is 12.3 Å². The number of nitrogens with zero attached hydrogens (tertiary/aromatic N) is 5. The van der Waals surface area contributed by atoms with Gasteiger partial charge in [-0.2, -0.15) is 0 Å². The Hall–Kier alpha value is -2.48. The first-order chi connectivity index (χ1) is 12.7. The van der Waals surface area contributed by atoms with Crippen molar-refractivity contribution < 1.29 is 13.9 Å². The topological polar surface area (TPSA) is 63.5 Å². The quantitative estimate of drug-likeness (QED) is 0.824. The number of anilines is 1. The molecule has 4 heterocycles. The number of ether oxygens (including phenoxy) is 1. The van der Waals surface area contributed by atoms with E-state index in [0.29, 0.717) is 26.2 Å². The molecule has 2 saturated heterocycles. The molecule has 2 aliphatic heterocycles. The molecule has 7 nitrogen and oxygen atoms in total. The van der Waals surface area contributed by atoms with Crippen molar-refractivity contribution in [1.29, 1.82) is 0 Å².